The summed E-state index contributed by atoms with van der Waals surface area (Å²) in [7, 11) is -8.47. The third-order valence-corrected chi connectivity index (χ3v) is 28.6. The van der Waals surface area contributed by atoms with Gasteiger partial charge in [-0.3, -0.25) is 0 Å². The maximum Gasteiger partial charge on any atom is 0.193 e. The van der Waals surface area contributed by atoms with Crippen LogP contribution in [0.2, 0.25) is 72.5 Å². The standard InChI is InChI=1S/C31H68O5Si4/c1-28(2,3)37(13,14)33-23-25(35-39(17,18)30(7,8)9)26-27(36-40(19,20)31(10,11)12)24(21-22-32-26)34-38(15,16)29(4,5)6/h21-22,24-27H,23H2,1-20H3/t24-,25-,26-,27-/m1/s1. The van der Waals surface area contributed by atoms with Gasteiger partial charge in [-0.15, -0.1) is 0 Å². The molecule has 0 spiro atoms. The smallest absolute Gasteiger partial charge is 0.193 e. The molecule has 4 atom stereocenters. The predicted octanol–water partition coefficient (Wildman–Crippen LogP) is 10.1. The Morgan fingerprint density at radius 1 is 0.600 bits per heavy atom. The van der Waals surface area contributed by atoms with Crippen LogP contribution in [0.5, 0.6) is 0 Å². The Morgan fingerprint density at radius 3 is 1.40 bits per heavy atom. The lowest BCUT2D eigenvalue weighted by Gasteiger charge is -2.50. The van der Waals surface area contributed by atoms with E-state index in [9.17, 15) is 0 Å². The first kappa shape index (κ1) is 38.3. The van der Waals surface area contributed by atoms with Crippen LogP contribution >= 0.6 is 0 Å². The van der Waals surface area contributed by atoms with Crippen molar-refractivity contribution in [3.63, 3.8) is 0 Å². The minimum Gasteiger partial charge on any atom is -0.493 e. The van der Waals surface area contributed by atoms with Crippen LogP contribution in [-0.2, 0) is 22.4 Å². The average Bonchev–Trinajstić information content (AvgIpc) is 2.68. The van der Waals surface area contributed by atoms with Crippen LogP contribution in [0, 0.1) is 0 Å². The van der Waals surface area contributed by atoms with Crippen molar-refractivity contribution >= 4 is 33.3 Å². The van der Waals surface area contributed by atoms with Crippen molar-refractivity contribution in [2.45, 2.75) is 180 Å². The second-order valence-corrected chi connectivity index (χ2v) is 37.2. The summed E-state index contributed by atoms with van der Waals surface area (Å²) in [5, 5.41) is 0.290. The Balaban J connectivity index is 3.67. The number of ether oxygens (including phenoxy) is 1. The van der Waals surface area contributed by atoms with Crippen LogP contribution in [0.3, 0.4) is 0 Å². The van der Waals surface area contributed by atoms with Gasteiger partial charge in [0.15, 0.2) is 39.4 Å². The van der Waals surface area contributed by atoms with Crippen LogP contribution in [-0.4, -0.2) is 64.3 Å². The van der Waals surface area contributed by atoms with E-state index in [2.05, 4.69) is 142 Å². The summed E-state index contributed by atoms with van der Waals surface area (Å²) in [4.78, 5) is 0. The molecule has 1 aliphatic heterocycles. The highest BCUT2D eigenvalue weighted by atomic mass is 28.4. The van der Waals surface area contributed by atoms with Crippen molar-refractivity contribution < 1.29 is 22.4 Å². The quantitative estimate of drug-likeness (QED) is 0.224. The zero-order chi connectivity index (χ0) is 32.0. The van der Waals surface area contributed by atoms with Crippen LogP contribution in [0.15, 0.2) is 12.3 Å². The molecule has 0 radical (unpaired) electrons. The molecule has 1 rings (SSSR count). The first-order valence-electron chi connectivity index (χ1n) is 15.4. The Bertz CT molecular complexity index is 855. The lowest BCUT2D eigenvalue weighted by Crippen LogP contribution is -2.61. The molecule has 5 nitrogen and oxygen atoms in total. The maximum absolute atomic E-state index is 7.26. The minimum absolute atomic E-state index is 0.0493. The van der Waals surface area contributed by atoms with Gasteiger partial charge >= 0.3 is 0 Å². The van der Waals surface area contributed by atoms with Crippen LogP contribution in [0.4, 0.5) is 0 Å². The van der Waals surface area contributed by atoms with Gasteiger partial charge in [-0.25, -0.2) is 0 Å². The van der Waals surface area contributed by atoms with Gasteiger partial charge < -0.3 is 22.4 Å². The van der Waals surface area contributed by atoms with E-state index in [0.29, 0.717) is 6.61 Å². The van der Waals surface area contributed by atoms with E-state index in [1.807, 2.05) is 6.26 Å². The first-order valence-corrected chi connectivity index (χ1v) is 27.0. The molecule has 0 fully saturated rings. The highest BCUT2D eigenvalue weighted by Gasteiger charge is 2.52. The number of rotatable bonds is 10. The molecule has 0 aromatic heterocycles. The summed E-state index contributed by atoms with van der Waals surface area (Å²) in [6.45, 7) is 46.5. The molecule has 0 aromatic carbocycles. The monoisotopic (exact) mass is 632 g/mol. The van der Waals surface area contributed by atoms with Gasteiger partial charge in [-0.1, -0.05) is 83.1 Å². The zero-order valence-electron chi connectivity index (χ0n) is 30.2. The number of hydrogen-bond donors (Lipinski definition) is 0. The molecule has 1 heterocycles. The second-order valence-electron chi connectivity index (χ2n) is 18.1. The molecule has 0 saturated heterocycles. The SMILES string of the molecule is CC(C)(C)[Si](C)(C)OC[C@@H](O[Si](C)(C)C(C)(C)C)[C@H]1OC=C[C@@H](O[Si](C)(C)C(C)(C)C)[C@H]1O[Si](C)(C)C(C)(C)C. The lowest BCUT2D eigenvalue weighted by atomic mass is 10.0. The molecule has 40 heavy (non-hydrogen) atoms. The van der Waals surface area contributed by atoms with E-state index in [1.54, 1.807) is 0 Å². The fraction of sp³-hybridized carbons (Fsp3) is 0.935. The lowest BCUT2D eigenvalue weighted by molar-refractivity contribution is -0.106. The van der Waals surface area contributed by atoms with Gasteiger partial charge in [-0.2, -0.15) is 0 Å². The molecule has 0 amide bonds. The number of hydrogen-bond acceptors (Lipinski definition) is 5. The second kappa shape index (κ2) is 12.3. The molecule has 238 valence electrons. The van der Waals surface area contributed by atoms with Gasteiger partial charge in [0, 0.05) is 0 Å². The van der Waals surface area contributed by atoms with Crippen LogP contribution < -0.4 is 0 Å². The highest BCUT2D eigenvalue weighted by molar-refractivity contribution is 6.75. The van der Waals surface area contributed by atoms with E-state index in [1.165, 1.54) is 0 Å². The summed E-state index contributed by atoms with van der Waals surface area (Å²) < 4.78 is 34.9. The topological polar surface area (TPSA) is 46.2 Å². The van der Waals surface area contributed by atoms with Crippen LogP contribution in [0.1, 0.15) is 83.1 Å². The molecule has 0 bridgehead atoms. The Hall–Kier alpha value is 0.248. The summed E-state index contributed by atoms with van der Waals surface area (Å²) >= 11 is 0. The highest BCUT2D eigenvalue weighted by Crippen LogP contribution is 2.44. The molecule has 1 aliphatic rings. The zero-order valence-corrected chi connectivity index (χ0v) is 34.2. The van der Waals surface area contributed by atoms with Crippen molar-refractivity contribution in [2.75, 3.05) is 6.61 Å². The normalized spacial score (nSPS) is 23.2. The van der Waals surface area contributed by atoms with Gasteiger partial charge in [0.2, 0.25) is 0 Å². The summed E-state index contributed by atoms with van der Waals surface area (Å²) in [6.07, 6.45) is 2.84. The molecule has 9 heteroatoms. The van der Waals surface area contributed by atoms with E-state index >= 15 is 0 Å². The molecule has 0 saturated carbocycles. The van der Waals surface area contributed by atoms with Crippen molar-refractivity contribution in [1.82, 2.24) is 0 Å². The van der Waals surface area contributed by atoms with E-state index in [4.69, 9.17) is 22.4 Å². The first-order chi connectivity index (χ1) is 17.4. The minimum atomic E-state index is -2.18. The Morgan fingerprint density at radius 2 is 1.00 bits per heavy atom. The predicted molar refractivity (Wildman–Crippen MR) is 183 cm³/mol. The fourth-order valence-corrected chi connectivity index (χ4v) is 8.29. The summed E-state index contributed by atoms with van der Waals surface area (Å²) in [5.41, 5.74) is 0. The summed E-state index contributed by atoms with van der Waals surface area (Å²) in [5.74, 6) is 0. The van der Waals surface area contributed by atoms with Crippen molar-refractivity contribution in [3.05, 3.63) is 12.3 Å². The molecular weight excluding hydrogens is 565 g/mol. The molecule has 0 N–H and O–H groups in total. The fourth-order valence-electron chi connectivity index (χ4n) is 3.42. The van der Waals surface area contributed by atoms with Gasteiger partial charge in [-0.05, 0) is 78.6 Å². The summed E-state index contributed by atoms with van der Waals surface area (Å²) in [6, 6.07) is 0. The van der Waals surface area contributed by atoms with Crippen molar-refractivity contribution in [2.24, 2.45) is 0 Å². The van der Waals surface area contributed by atoms with Crippen molar-refractivity contribution in [1.29, 1.82) is 0 Å². The van der Waals surface area contributed by atoms with E-state index < -0.39 is 33.3 Å². The third-order valence-electron chi connectivity index (χ3n) is 10.7. The van der Waals surface area contributed by atoms with Crippen molar-refractivity contribution in [3.8, 4) is 0 Å². The Labute approximate surface area is 254 Å². The molecule has 0 aliphatic carbocycles. The Kier molecular flexibility index (Phi) is 11.8. The maximum atomic E-state index is 7.26. The molecule has 0 unspecified atom stereocenters. The van der Waals surface area contributed by atoms with Crippen LogP contribution in [0.25, 0.3) is 0 Å². The van der Waals surface area contributed by atoms with E-state index in [0.717, 1.165) is 0 Å². The molecule has 0 aromatic rings. The largest absolute Gasteiger partial charge is 0.493 e. The van der Waals surface area contributed by atoms with Gasteiger partial charge in [0.1, 0.15) is 12.2 Å². The van der Waals surface area contributed by atoms with Gasteiger partial charge in [0.25, 0.3) is 0 Å². The van der Waals surface area contributed by atoms with Gasteiger partial charge in [0.05, 0.1) is 19.0 Å². The average molecular weight is 633 g/mol. The van der Waals surface area contributed by atoms with E-state index in [-0.39, 0.29) is 44.6 Å². The molecular formula is C31H68O5Si4. The third kappa shape index (κ3) is 9.37.